The van der Waals surface area contributed by atoms with E-state index >= 15 is 0 Å². The molecule has 0 aliphatic rings. The molecule has 0 fully saturated rings. The van der Waals surface area contributed by atoms with Crippen LogP contribution in [0, 0.1) is 0 Å². The van der Waals surface area contributed by atoms with Gasteiger partial charge in [0.25, 0.3) is 0 Å². The number of nitrogens with one attached hydrogen (secondary N) is 1. The Morgan fingerprint density at radius 2 is 2.21 bits per heavy atom. The maximum Gasteiger partial charge on any atom is 0.121 e. The van der Waals surface area contributed by atoms with E-state index in [0.29, 0.717) is 6.54 Å². The van der Waals surface area contributed by atoms with Gasteiger partial charge in [-0.15, -0.1) is 0 Å². The van der Waals surface area contributed by atoms with Crippen molar-refractivity contribution in [2.24, 2.45) is 5.73 Å². The van der Waals surface area contributed by atoms with Gasteiger partial charge in [-0.25, -0.2) is 4.98 Å². The van der Waals surface area contributed by atoms with Crippen molar-refractivity contribution < 1.29 is 0 Å². The van der Waals surface area contributed by atoms with Crippen molar-refractivity contribution in [3.63, 3.8) is 0 Å². The highest BCUT2D eigenvalue weighted by molar-refractivity contribution is 5.79. The molecule has 1 aromatic carbocycles. The van der Waals surface area contributed by atoms with Crippen molar-refractivity contribution in [1.29, 1.82) is 0 Å². The fraction of sp³-hybridized carbons (Fsp3) is 0.300. The second-order valence-corrected chi connectivity index (χ2v) is 3.48. The fourth-order valence-electron chi connectivity index (χ4n) is 1.43. The highest BCUT2D eigenvalue weighted by Crippen LogP contribution is 2.18. The number of nitrogens with two attached hydrogens (primary N) is 1. The topological polar surface area (TPSA) is 57.9 Å². The Labute approximate surface area is 82.7 Å². The van der Waals surface area contributed by atoms with Crippen LogP contribution in [0.5, 0.6) is 0 Å². The number of rotatable bonds is 2. The van der Waals surface area contributed by atoms with Crippen molar-refractivity contribution in [3.05, 3.63) is 24.0 Å². The second-order valence-electron chi connectivity index (χ2n) is 3.48. The van der Waals surface area contributed by atoms with Crippen LogP contribution in [-0.2, 0) is 6.54 Å². The molecule has 0 aliphatic carbocycles. The molecule has 74 valence electrons. The van der Waals surface area contributed by atoms with Crippen LogP contribution < -0.4 is 10.6 Å². The van der Waals surface area contributed by atoms with Crippen LogP contribution in [-0.4, -0.2) is 24.1 Å². The van der Waals surface area contributed by atoms with Crippen molar-refractivity contribution >= 4 is 16.7 Å². The van der Waals surface area contributed by atoms with Crippen LogP contribution in [0.25, 0.3) is 11.0 Å². The van der Waals surface area contributed by atoms with E-state index in [4.69, 9.17) is 5.73 Å². The summed E-state index contributed by atoms with van der Waals surface area (Å²) in [6.45, 7) is 0.450. The number of H-pyrrole nitrogens is 1. The standard InChI is InChI=1S/C10H14N4/c1-14(2)7-3-4-8-9(5-7)13-10(6-11)12-8/h3-5H,6,11H2,1-2H3,(H,12,13). The fourth-order valence-corrected chi connectivity index (χ4v) is 1.43. The highest BCUT2D eigenvalue weighted by atomic mass is 15.1. The number of anilines is 1. The molecule has 4 heteroatoms. The van der Waals surface area contributed by atoms with Crippen LogP contribution in [0.3, 0.4) is 0 Å². The molecule has 3 N–H and O–H groups in total. The van der Waals surface area contributed by atoms with Crippen LogP contribution in [0.15, 0.2) is 18.2 Å². The first kappa shape index (κ1) is 9.02. The van der Waals surface area contributed by atoms with E-state index < -0.39 is 0 Å². The van der Waals surface area contributed by atoms with Crippen LogP contribution in [0.4, 0.5) is 5.69 Å². The summed E-state index contributed by atoms with van der Waals surface area (Å²) in [5.41, 5.74) is 8.67. The van der Waals surface area contributed by atoms with Gasteiger partial charge in [-0.05, 0) is 18.2 Å². The Bertz CT molecular complexity index is 444. The largest absolute Gasteiger partial charge is 0.378 e. The van der Waals surface area contributed by atoms with Gasteiger partial charge >= 0.3 is 0 Å². The first-order valence-electron chi connectivity index (χ1n) is 4.57. The highest BCUT2D eigenvalue weighted by Gasteiger charge is 2.02. The van der Waals surface area contributed by atoms with Crippen molar-refractivity contribution in [2.75, 3.05) is 19.0 Å². The first-order chi connectivity index (χ1) is 6.70. The zero-order valence-corrected chi connectivity index (χ0v) is 8.41. The molecule has 0 amide bonds. The lowest BCUT2D eigenvalue weighted by Gasteiger charge is -2.11. The number of nitrogens with zero attached hydrogens (tertiary/aromatic N) is 2. The molecule has 1 heterocycles. The molecule has 0 unspecified atom stereocenters. The van der Waals surface area contributed by atoms with Crippen LogP contribution in [0.1, 0.15) is 5.82 Å². The van der Waals surface area contributed by atoms with Crippen LogP contribution in [0.2, 0.25) is 0 Å². The molecule has 0 saturated heterocycles. The smallest absolute Gasteiger partial charge is 0.121 e. The van der Waals surface area contributed by atoms with Gasteiger partial charge in [-0.3, -0.25) is 0 Å². The number of aromatic nitrogens is 2. The molecule has 4 nitrogen and oxygen atoms in total. The zero-order chi connectivity index (χ0) is 10.1. The molecule has 1 aromatic heterocycles. The van der Waals surface area contributed by atoms with Gasteiger partial charge in [-0.1, -0.05) is 0 Å². The number of fused-ring (bicyclic) bond motifs is 1. The number of hydrogen-bond acceptors (Lipinski definition) is 3. The maximum absolute atomic E-state index is 5.51. The quantitative estimate of drug-likeness (QED) is 0.745. The van der Waals surface area contributed by atoms with Gasteiger partial charge in [0.15, 0.2) is 0 Å². The van der Waals surface area contributed by atoms with Crippen molar-refractivity contribution in [1.82, 2.24) is 9.97 Å². The monoisotopic (exact) mass is 190 g/mol. The van der Waals surface area contributed by atoms with Gasteiger partial charge in [0, 0.05) is 19.8 Å². The molecule has 0 atom stereocenters. The predicted octanol–water partition coefficient (Wildman–Crippen LogP) is 1.09. The summed E-state index contributed by atoms with van der Waals surface area (Å²) >= 11 is 0. The zero-order valence-electron chi connectivity index (χ0n) is 8.41. The number of hydrogen-bond donors (Lipinski definition) is 2. The third-order valence-corrected chi connectivity index (χ3v) is 2.22. The predicted molar refractivity (Wildman–Crippen MR) is 58.3 cm³/mol. The van der Waals surface area contributed by atoms with Gasteiger partial charge < -0.3 is 15.6 Å². The van der Waals surface area contributed by atoms with E-state index in [1.54, 1.807) is 0 Å². The Kier molecular flexibility index (Phi) is 2.13. The Hall–Kier alpha value is -1.55. The maximum atomic E-state index is 5.51. The molecule has 2 aromatic rings. The lowest BCUT2D eigenvalue weighted by Crippen LogP contribution is -2.07. The minimum absolute atomic E-state index is 0.450. The summed E-state index contributed by atoms with van der Waals surface area (Å²) in [7, 11) is 4.03. The van der Waals surface area contributed by atoms with E-state index in [1.807, 2.05) is 26.2 Å². The summed E-state index contributed by atoms with van der Waals surface area (Å²) in [5, 5.41) is 0. The summed E-state index contributed by atoms with van der Waals surface area (Å²) in [6.07, 6.45) is 0. The molecule has 2 rings (SSSR count). The molecule has 0 bridgehead atoms. The first-order valence-corrected chi connectivity index (χ1v) is 4.57. The number of aromatic amines is 1. The summed E-state index contributed by atoms with van der Waals surface area (Å²) in [6, 6.07) is 6.12. The third-order valence-electron chi connectivity index (χ3n) is 2.22. The van der Waals surface area contributed by atoms with Gasteiger partial charge in [0.1, 0.15) is 5.82 Å². The average molecular weight is 190 g/mol. The average Bonchev–Trinajstić information content (AvgIpc) is 2.58. The normalized spacial score (nSPS) is 10.8. The molecule has 0 aliphatic heterocycles. The minimum Gasteiger partial charge on any atom is -0.378 e. The van der Waals surface area contributed by atoms with Gasteiger partial charge in [-0.2, -0.15) is 0 Å². The number of benzene rings is 1. The van der Waals surface area contributed by atoms with Gasteiger partial charge in [0.2, 0.25) is 0 Å². The van der Waals surface area contributed by atoms with E-state index in [1.165, 1.54) is 0 Å². The SMILES string of the molecule is CN(C)c1ccc2nc(CN)[nH]c2c1. The molecule has 0 saturated carbocycles. The molecule has 0 radical (unpaired) electrons. The van der Waals surface area contributed by atoms with Gasteiger partial charge in [0.05, 0.1) is 17.6 Å². The Morgan fingerprint density at radius 1 is 1.43 bits per heavy atom. The lowest BCUT2D eigenvalue weighted by atomic mass is 10.2. The van der Waals surface area contributed by atoms with Crippen molar-refractivity contribution in [2.45, 2.75) is 6.54 Å². The van der Waals surface area contributed by atoms with E-state index in [9.17, 15) is 0 Å². The summed E-state index contributed by atoms with van der Waals surface area (Å²) in [4.78, 5) is 9.57. The Morgan fingerprint density at radius 3 is 2.86 bits per heavy atom. The van der Waals surface area contributed by atoms with E-state index in [2.05, 4.69) is 20.9 Å². The summed E-state index contributed by atoms with van der Waals surface area (Å²) < 4.78 is 0. The molecule has 14 heavy (non-hydrogen) atoms. The lowest BCUT2D eigenvalue weighted by molar-refractivity contribution is 0.958. The third kappa shape index (κ3) is 1.44. The van der Waals surface area contributed by atoms with E-state index in [-0.39, 0.29) is 0 Å². The molecule has 0 spiro atoms. The molecular formula is C10H14N4. The minimum atomic E-state index is 0.450. The van der Waals surface area contributed by atoms with E-state index in [0.717, 1.165) is 22.5 Å². The second kappa shape index (κ2) is 3.31. The van der Waals surface area contributed by atoms with Crippen molar-refractivity contribution in [3.8, 4) is 0 Å². The summed E-state index contributed by atoms with van der Waals surface area (Å²) in [5.74, 6) is 0.830. The molecular weight excluding hydrogens is 176 g/mol. The van der Waals surface area contributed by atoms with Crippen LogP contribution >= 0.6 is 0 Å². The Balaban J connectivity index is 2.54. The number of imidazole rings is 1.